The summed E-state index contributed by atoms with van der Waals surface area (Å²) in [5, 5.41) is 9.96. The molecule has 0 aliphatic heterocycles. The van der Waals surface area contributed by atoms with Crippen LogP contribution in [0.1, 0.15) is 20.8 Å². The second-order valence-electron chi connectivity index (χ2n) is 8.48. The number of aliphatic hydroxyl groups is 1. The Morgan fingerprint density at radius 2 is 1.07 bits per heavy atom. The van der Waals surface area contributed by atoms with Gasteiger partial charge >= 0.3 is 47.9 Å². The molecule has 0 bridgehead atoms. The summed E-state index contributed by atoms with van der Waals surface area (Å²) in [5.41, 5.74) is 0. The van der Waals surface area contributed by atoms with Crippen molar-refractivity contribution in [3.8, 4) is 0 Å². The van der Waals surface area contributed by atoms with Crippen LogP contribution in [0, 0.1) is 0 Å². The molecule has 0 saturated heterocycles. The Hall–Kier alpha value is -1.32. The maximum Gasteiger partial charge on any atom is 0.384 e. The zero-order valence-electron chi connectivity index (χ0n) is 20.8. The standard InChI is InChI=1S/C19H26F16NO4/c1-4-36(5-2,10-40-39-6-3)7-11(37)8-38-9-13(22,23)15(26,27)17(30,31)19(34,35)18(32,33)16(28,29)14(24,25)12(20)21/h11-12,37H,4-10H2,1-3H3/q+1. The van der Waals surface area contributed by atoms with Crippen LogP contribution in [0.5, 0.6) is 0 Å². The molecule has 0 aromatic heterocycles. The monoisotopic (exact) mass is 636 g/mol. The first-order valence-corrected chi connectivity index (χ1v) is 11.0. The Balaban J connectivity index is 5.89. The molecule has 40 heavy (non-hydrogen) atoms. The molecule has 0 fully saturated rings. The van der Waals surface area contributed by atoms with E-state index >= 15 is 0 Å². The molecule has 5 nitrogen and oxygen atoms in total. The van der Waals surface area contributed by atoms with E-state index in [1.165, 1.54) is 6.92 Å². The molecular formula is C19H26F16NO4+. The van der Waals surface area contributed by atoms with E-state index in [1.54, 1.807) is 13.8 Å². The zero-order valence-corrected chi connectivity index (χ0v) is 20.8. The molecule has 0 heterocycles. The highest BCUT2D eigenvalue weighted by atomic mass is 19.4. The second kappa shape index (κ2) is 12.9. The molecule has 0 aromatic rings. The number of rotatable bonds is 19. The number of hydrogen-bond donors (Lipinski definition) is 1. The van der Waals surface area contributed by atoms with E-state index in [2.05, 4.69) is 9.62 Å². The summed E-state index contributed by atoms with van der Waals surface area (Å²) in [6.45, 7) is 0.0225. The first-order valence-electron chi connectivity index (χ1n) is 11.0. The Morgan fingerprint density at radius 3 is 1.48 bits per heavy atom. The van der Waals surface area contributed by atoms with Crippen molar-refractivity contribution in [3.05, 3.63) is 0 Å². The third-order valence-corrected chi connectivity index (χ3v) is 5.79. The number of likely N-dealkylation sites (N-methyl/N-ethyl adjacent to an activating group) is 1. The van der Waals surface area contributed by atoms with Crippen LogP contribution in [0.2, 0.25) is 0 Å². The third-order valence-electron chi connectivity index (χ3n) is 5.79. The van der Waals surface area contributed by atoms with Gasteiger partial charge in [-0.3, -0.25) is 4.48 Å². The smallest absolute Gasteiger partial charge is 0.384 e. The van der Waals surface area contributed by atoms with Crippen LogP contribution in [-0.4, -0.2) is 110 Å². The molecule has 1 atom stereocenters. The van der Waals surface area contributed by atoms with E-state index in [9.17, 15) is 75.4 Å². The number of halogens is 16. The minimum atomic E-state index is -8.46. The lowest BCUT2D eigenvalue weighted by molar-refractivity contribution is -0.953. The van der Waals surface area contributed by atoms with Crippen molar-refractivity contribution >= 4 is 0 Å². The summed E-state index contributed by atoms with van der Waals surface area (Å²) < 4.78 is 217. The van der Waals surface area contributed by atoms with Crippen LogP contribution in [0.15, 0.2) is 0 Å². The van der Waals surface area contributed by atoms with E-state index in [0.29, 0.717) is 0 Å². The fourth-order valence-corrected chi connectivity index (χ4v) is 3.03. The van der Waals surface area contributed by atoms with Gasteiger partial charge in [0.2, 0.25) is 6.73 Å². The summed E-state index contributed by atoms with van der Waals surface area (Å²) in [5.74, 6) is -55.1. The van der Waals surface area contributed by atoms with Crippen molar-refractivity contribution < 1.29 is 94.3 Å². The van der Waals surface area contributed by atoms with Crippen LogP contribution in [-0.2, 0) is 14.5 Å². The SMILES string of the molecule is CCOOC[N+](CC)(CC)CC(O)COCC(F)(F)C(F)(F)C(F)(F)C(F)(F)C(F)(F)C(F)(F)C(F)(F)C(F)F. The number of quaternary nitrogens is 1. The fourth-order valence-electron chi connectivity index (χ4n) is 3.03. The number of alkyl halides is 16. The van der Waals surface area contributed by atoms with Crippen LogP contribution in [0.4, 0.5) is 70.2 Å². The lowest BCUT2D eigenvalue weighted by Crippen LogP contribution is -2.74. The topological polar surface area (TPSA) is 47.9 Å². The second-order valence-corrected chi connectivity index (χ2v) is 8.48. The van der Waals surface area contributed by atoms with E-state index in [4.69, 9.17) is 4.89 Å². The number of ether oxygens (including phenoxy) is 1. The van der Waals surface area contributed by atoms with Gasteiger partial charge in [0.1, 0.15) is 19.3 Å². The zero-order chi connectivity index (χ0) is 32.2. The van der Waals surface area contributed by atoms with Crippen molar-refractivity contribution in [2.75, 3.05) is 46.2 Å². The first kappa shape index (κ1) is 38.7. The highest BCUT2D eigenvalue weighted by Crippen LogP contribution is 2.62. The Kier molecular flexibility index (Phi) is 12.5. The van der Waals surface area contributed by atoms with Crippen molar-refractivity contribution in [1.82, 2.24) is 0 Å². The number of nitrogens with zero attached hydrogens (tertiary/aromatic N) is 1. The van der Waals surface area contributed by atoms with Crippen molar-refractivity contribution in [2.24, 2.45) is 0 Å². The fraction of sp³-hybridized carbons (Fsp3) is 1.00. The Labute approximate surface area is 216 Å². The van der Waals surface area contributed by atoms with Gasteiger partial charge in [0, 0.05) is 0 Å². The minimum Gasteiger partial charge on any atom is -0.385 e. The maximum absolute atomic E-state index is 13.9. The molecular weight excluding hydrogens is 610 g/mol. The molecule has 1 N–H and O–H groups in total. The van der Waals surface area contributed by atoms with E-state index in [-0.39, 0.29) is 30.9 Å². The van der Waals surface area contributed by atoms with Crippen LogP contribution < -0.4 is 0 Å². The lowest BCUT2D eigenvalue weighted by Gasteiger charge is -2.42. The van der Waals surface area contributed by atoms with Crippen LogP contribution >= 0.6 is 0 Å². The molecule has 0 saturated carbocycles. The van der Waals surface area contributed by atoms with Gasteiger partial charge in [0.05, 0.1) is 26.3 Å². The summed E-state index contributed by atoms with van der Waals surface area (Å²) in [6.07, 6.45) is -7.75. The predicted octanol–water partition coefficient (Wildman–Crippen LogP) is 5.86. The van der Waals surface area contributed by atoms with Gasteiger partial charge in [-0.15, -0.1) is 0 Å². The predicted molar refractivity (Wildman–Crippen MR) is 101 cm³/mol. The molecule has 1 unspecified atom stereocenters. The molecule has 0 aliphatic rings. The highest BCUT2D eigenvalue weighted by Gasteiger charge is 2.93. The molecule has 242 valence electrons. The Morgan fingerprint density at radius 1 is 0.650 bits per heavy atom. The third kappa shape index (κ3) is 6.83. The lowest BCUT2D eigenvalue weighted by atomic mass is 9.89. The summed E-state index contributed by atoms with van der Waals surface area (Å²) in [7, 11) is 0. The van der Waals surface area contributed by atoms with Gasteiger partial charge in [0.25, 0.3) is 0 Å². The maximum atomic E-state index is 13.9. The minimum absolute atomic E-state index is 0.0876. The van der Waals surface area contributed by atoms with Crippen LogP contribution in [0.25, 0.3) is 0 Å². The largest absolute Gasteiger partial charge is 0.385 e. The van der Waals surface area contributed by atoms with Crippen LogP contribution in [0.3, 0.4) is 0 Å². The van der Waals surface area contributed by atoms with E-state index in [1.807, 2.05) is 0 Å². The van der Waals surface area contributed by atoms with Gasteiger partial charge in [-0.2, -0.15) is 66.4 Å². The molecule has 0 rings (SSSR count). The number of hydrogen-bond acceptors (Lipinski definition) is 4. The highest BCUT2D eigenvalue weighted by molar-refractivity contribution is 5.14. The molecule has 0 radical (unpaired) electrons. The quantitative estimate of drug-likeness (QED) is 0.0483. The molecule has 0 spiro atoms. The Bertz CT molecular complexity index is 792. The molecule has 0 aromatic carbocycles. The van der Waals surface area contributed by atoms with Crippen molar-refractivity contribution in [2.45, 2.75) is 74.8 Å². The average molecular weight is 636 g/mol. The van der Waals surface area contributed by atoms with E-state index < -0.39 is 73.7 Å². The number of aliphatic hydroxyl groups excluding tert-OH is 1. The van der Waals surface area contributed by atoms with Gasteiger partial charge in [-0.25, -0.2) is 13.7 Å². The molecule has 0 aliphatic carbocycles. The van der Waals surface area contributed by atoms with E-state index in [0.717, 1.165) is 0 Å². The normalized spacial score (nSPS) is 16.1. The van der Waals surface area contributed by atoms with Gasteiger partial charge in [-0.05, 0) is 20.8 Å². The summed E-state index contributed by atoms with van der Waals surface area (Å²) >= 11 is 0. The summed E-state index contributed by atoms with van der Waals surface area (Å²) in [6, 6.07) is 0. The van der Waals surface area contributed by atoms with Crippen molar-refractivity contribution in [1.29, 1.82) is 0 Å². The molecule has 21 heteroatoms. The first-order chi connectivity index (χ1) is 17.7. The van der Waals surface area contributed by atoms with Gasteiger partial charge < -0.3 is 9.84 Å². The molecule has 0 amide bonds. The summed E-state index contributed by atoms with van der Waals surface area (Å²) in [4.78, 5) is 9.48. The van der Waals surface area contributed by atoms with Gasteiger partial charge in [0.15, 0.2) is 0 Å². The van der Waals surface area contributed by atoms with Gasteiger partial charge in [-0.1, -0.05) is 0 Å². The van der Waals surface area contributed by atoms with Crippen molar-refractivity contribution in [3.63, 3.8) is 0 Å². The average Bonchev–Trinajstić information content (AvgIpc) is 2.82.